The predicted molar refractivity (Wildman–Crippen MR) is 61.1 cm³/mol. The molecule has 94 valence electrons. The number of carbonyl (C=O) groups excluding carboxylic acids is 1. The topological polar surface area (TPSA) is 58.6 Å². The first-order valence-corrected chi connectivity index (χ1v) is 5.28. The van der Waals surface area contributed by atoms with Crippen molar-refractivity contribution >= 4 is 5.97 Å². The van der Waals surface area contributed by atoms with Crippen molar-refractivity contribution in [2.75, 3.05) is 7.11 Å². The van der Waals surface area contributed by atoms with Crippen molar-refractivity contribution < 1.29 is 19.0 Å². The molecule has 1 aromatic rings. The molecule has 2 N–H and O–H groups in total. The molecule has 0 saturated heterocycles. The van der Waals surface area contributed by atoms with Crippen molar-refractivity contribution in [3.05, 3.63) is 29.6 Å². The van der Waals surface area contributed by atoms with Gasteiger partial charge in [0.2, 0.25) is 0 Å². The summed E-state index contributed by atoms with van der Waals surface area (Å²) in [6.45, 7) is 3.43. The van der Waals surface area contributed by atoms with E-state index in [1.54, 1.807) is 13.8 Å². The van der Waals surface area contributed by atoms with Gasteiger partial charge in [-0.2, -0.15) is 0 Å². The first-order chi connectivity index (χ1) is 7.95. The zero-order chi connectivity index (χ0) is 13.0. The van der Waals surface area contributed by atoms with Gasteiger partial charge in [0.05, 0.1) is 7.11 Å². The molecule has 1 aromatic carbocycles. The van der Waals surface area contributed by atoms with Gasteiger partial charge in [0, 0.05) is 17.7 Å². The standard InChI is InChI=1S/C12H16FNO3/c1-7(14-8(2)12(16)17-3)10-5-4-9(13)6-11(10)15/h4-8,14-15H,1-3H3. The number of rotatable bonds is 4. The van der Waals surface area contributed by atoms with Gasteiger partial charge in [-0.1, -0.05) is 6.07 Å². The Hall–Kier alpha value is -1.62. The third-order valence-electron chi connectivity index (χ3n) is 2.51. The highest BCUT2D eigenvalue weighted by molar-refractivity contribution is 5.75. The molecule has 0 radical (unpaired) electrons. The molecule has 0 aliphatic rings. The van der Waals surface area contributed by atoms with E-state index >= 15 is 0 Å². The molecule has 0 bridgehead atoms. The van der Waals surface area contributed by atoms with Crippen LogP contribution in [0.4, 0.5) is 4.39 Å². The van der Waals surface area contributed by atoms with E-state index in [0.29, 0.717) is 5.56 Å². The van der Waals surface area contributed by atoms with Crippen molar-refractivity contribution in [1.82, 2.24) is 5.32 Å². The Labute approximate surface area is 99.4 Å². The van der Waals surface area contributed by atoms with Gasteiger partial charge in [-0.05, 0) is 19.9 Å². The summed E-state index contributed by atoms with van der Waals surface area (Å²) in [5.74, 6) is -1.03. The van der Waals surface area contributed by atoms with Crippen LogP contribution >= 0.6 is 0 Å². The van der Waals surface area contributed by atoms with E-state index < -0.39 is 17.8 Å². The maximum atomic E-state index is 12.8. The summed E-state index contributed by atoms with van der Waals surface area (Å²) in [4.78, 5) is 11.2. The number of halogens is 1. The second-order valence-corrected chi connectivity index (χ2v) is 3.84. The number of benzene rings is 1. The van der Waals surface area contributed by atoms with Crippen LogP contribution in [0.1, 0.15) is 25.5 Å². The molecule has 4 nitrogen and oxygen atoms in total. The number of aromatic hydroxyl groups is 1. The highest BCUT2D eigenvalue weighted by atomic mass is 19.1. The van der Waals surface area contributed by atoms with E-state index in [9.17, 15) is 14.3 Å². The van der Waals surface area contributed by atoms with Gasteiger partial charge in [0.25, 0.3) is 0 Å². The Bertz CT molecular complexity index is 409. The molecule has 0 amide bonds. The summed E-state index contributed by atoms with van der Waals surface area (Å²) in [5, 5.41) is 12.5. The second-order valence-electron chi connectivity index (χ2n) is 3.84. The minimum Gasteiger partial charge on any atom is -0.508 e. The minimum absolute atomic E-state index is 0.137. The third kappa shape index (κ3) is 3.42. The van der Waals surface area contributed by atoms with E-state index in [-0.39, 0.29) is 11.8 Å². The fraction of sp³-hybridized carbons (Fsp3) is 0.417. The summed E-state index contributed by atoms with van der Waals surface area (Å²) in [5.41, 5.74) is 0.530. The number of carbonyl (C=O) groups is 1. The van der Waals surface area contributed by atoms with Crippen molar-refractivity contribution in [3.63, 3.8) is 0 Å². The molecule has 2 atom stereocenters. The zero-order valence-corrected chi connectivity index (χ0v) is 10.0. The zero-order valence-electron chi connectivity index (χ0n) is 10.0. The van der Waals surface area contributed by atoms with E-state index in [2.05, 4.69) is 10.1 Å². The highest BCUT2D eigenvalue weighted by Crippen LogP contribution is 2.24. The molecule has 17 heavy (non-hydrogen) atoms. The number of ether oxygens (including phenoxy) is 1. The molecule has 0 spiro atoms. The molecule has 0 aromatic heterocycles. The Kier molecular flexibility index (Phi) is 4.45. The van der Waals surface area contributed by atoms with Crippen LogP contribution in [0.3, 0.4) is 0 Å². The molecule has 0 heterocycles. The van der Waals surface area contributed by atoms with Crippen LogP contribution in [0.15, 0.2) is 18.2 Å². The summed E-state index contributed by atoms with van der Waals surface area (Å²) < 4.78 is 17.4. The van der Waals surface area contributed by atoms with Crippen molar-refractivity contribution in [2.24, 2.45) is 0 Å². The first-order valence-electron chi connectivity index (χ1n) is 5.28. The lowest BCUT2D eigenvalue weighted by atomic mass is 10.1. The Morgan fingerprint density at radius 1 is 1.47 bits per heavy atom. The van der Waals surface area contributed by atoms with E-state index in [1.807, 2.05) is 0 Å². The minimum atomic E-state index is -0.501. The normalized spacial score (nSPS) is 14.1. The van der Waals surface area contributed by atoms with Gasteiger partial charge in [-0.3, -0.25) is 10.1 Å². The molecule has 2 unspecified atom stereocenters. The number of phenols is 1. The molecule has 0 saturated carbocycles. The first kappa shape index (κ1) is 13.4. The van der Waals surface area contributed by atoms with Crippen LogP contribution in [0.25, 0.3) is 0 Å². The van der Waals surface area contributed by atoms with Gasteiger partial charge < -0.3 is 9.84 Å². The summed E-state index contributed by atoms with van der Waals surface area (Å²) in [6.07, 6.45) is 0. The summed E-state index contributed by atoms with van der Waals surface area (Å²) in [7, 11) is 1.31. The monoisotopic (exact) mass is 241 g/mol. The summed E-state index contributed by atoms with van der Waals surface area (Å²) in [6, 6.07) is 2.99. The summed E-state index contributed by atoms with van der Waals surface area (Å²) >= 11 is 0. The Morgan fingerprint density at radius 3 is 2.65 bits per heavy atom. The van der Waals surface area contributed by atoms with Crippen LogP contribution in [0.5, 0.6) is 5.75 Å². The molecular weight excluding hydrogens is 225 g/mol. The molecular formula is C12H16FNO3. The van der Waals surface area contributed by atoms with Crippen LogP contribution in [-0.4, -0.2) is 24.2 Å². The number of phenolic OH excluding ortho intramolecular Hbond substituents is 1. The highest BCUT2D eigenvalue weighted by Gasteiger charge is 2.18. The average molecular weight is 241 g/mol. The van der Waals surface area contributed by atoms with Crippen LogP contribution < -0.4 is 5.32 Å². The molecule has 0 fully saturated rings. The molecule has 5 heteroatoms. The van der Waals surface area contributed by atoms with Crippen LogP contribution in [0.2, 0.25) is 0 Å². The Balaban J connectivity index is 2.76. The predicted octanol–water partition coefficient (Wildman–Crippen LogP) is 1.74. The fourth-order valence-corrected chi connectivity index (χ4v) is 1.59. The quantitative estimate of drug-likeness (QED) is 0.788. The van der Waals surface area contributed by atoms with Gasteiger partial charge >= 0.3 is 5.97 Å². The third-order valence-corrected chi connectivity index (χ3v) is 2.51. The lowest BCUT2D eigenvalue weighted by Gasteiger charge is -2.19. The number of methoxy groups -OCH3 is 1. The maximum absolute atomic E-state index is 12.8. The SMILES string of the molecule is COC(=O)C(C)NC(C)c1ccc(F)cc1O. The van der Waals surface area contributed by atoms with Gasteiger partial charge in [0.15, 0.2) is 0 Å². The smallest absolute Gasteiger partial charge is 0.322 e. The van der Waals surface area contributed by atoms with Gasteiger partial charge in [0.1, 0.15) is 17.6 Å². The van der Waals surface area contributed by atoms with Crippen molar-refractivity contribution in [3.8, 4) is 5.75 Å². The molecule has 1 rings (SSSR count). The van der Waals surface area contributed by atoms with Crippen LogP contribution in [0, 0.1) is 5.82 Å². The van der Waals surface area contributed by atoms with Gasteiger partial charge in [-0.15, -0.1) is 0 Å². The van der Waals surface area contributed by atoms with Crippen molar-refractivity contribution in [2.45, 2.75) is 25.9 Å². The maximum Gasteiger partial charge on any atom is 0.322 e. The van der Waals surface area contributed by atoms with E-state index in [1.165, 1.54) is 19.2 Å². The number of esters is 1. The number of nitrogens with one attached hydrogen (secondary N) is 1. The second kappa shape index (κ2) is 5.63. The molecule has 0 aliphatic carbocycles. The molecule has 0 aliphatic heterocycles. The van der Waals surface area contributed by atoms with Gasteiger partial charge in [-0.25, -0.2) is 4.39 Å². The lowest BCUT2D eigenvalue weighted by Crippen LogP contribution is -2.36. The lowest BCUT2D eigenvalue weighted by molar-refractivity contribution is -0.142. The van der Waals surface area contributed by atoms with E-state index in [4.69, 9.17) is 0 Å². The number of hydrogen-bond donors (Lipinski definition) is 2. The van der Waals surface area contributed by atoms with Crippen LogP contribution in [-0.2, 0) is 9.53 Å². The van der Waals surface area contributed by atoms with E-state index in [0.717, 1.165) is 6.07 Å². The fourth-order valence-electron chi connectivity index (χ4n) is 1.59. The van der Waals surface area contributed by atoms with Crippen molar-refractivity contribution in [1.29, 1.82) is 0 Å². The largest absolute Gasteiger partial charge is 0.508 e. The number of hydrogen-bond acceptors (Lipinski definition) is 4. The Morgan fingerprint density at radius 2 is 2.12 bits per heavy atom. The average Bonchev–Trinajstić information content (AvgIpc) is 2.27.